The summed E-state index contributed by atoms with van der Waals surface area (Å²) < 4.78 is 33.0. The van der Waals surface area contributed by atoms with E-state index in [-0.39, 0.29) is 5.91 Å². The molecule has 0 bridgehead atoms. The van der Waals surface area contributed by atoms with Crippen LogP contribution >= 0.6 is 0 Å². The van der Waals surface area contributed by atoms with Crippen LogP contribution in [0.4, 0.5) is 5.69 Å². The van der Waals surface area contributed by atoms with Gasteiger partial charge in [-0.15, -0.1) is 0 Å². The number of rotatable bonds is 19. The van der Waals surface area contributed by atoms with Gasteiger partial charge < -0.3 is 33.7 Å². The van der Waals surface area contributed by atoms with Crippen LogP contribution in [-0.2, 0) is 35.1 Å². The van der Waals surface area contributed by atoms with Gasteiger partial charge in [0.25, 0.3) is 0 Å². The molecule has 182 valence electrons. The summed E-state index contributed by atoms with van der Waals surface area (Å²) >= 11 is 0. The number of nitrogens with one attached hydrogen (secondary N) is 1. The molecule has 1 N–H and O–H groups in total. The molecule has 2 aromatic carbocycles. The third kappa shape index (κ3) is 14.3. The molecule has 0 aliphatic carbocycles. The van der Waals surface area contributed by atoms with Crippen LogP contribution in [0.25, 0.3) is 0 Å². The number of carbonyl (C=O) groups excluding carboxylic acids is 1. The van der Waals surface area contributed by atoms with Crippen molar-refractivity contribution in [2.75, 3.05) is 71.4 Å². The van der Waals surface area contributed by atoms with E-state index in [0.717, 1.165) is 17.0 Å². The van der Waals surface area contributed by atoms with Crippen molar-refractivity contribution in [1.82, 2.24) is 0 Å². The number of benzene rings is 2. The van der Waals surface area contributed by atoms with Crippen LogP contribution in [0.1, 0.15) is 12.5 Å². The van der Waals surface area contributed by atoms with E-state index in [1.807, 2.05) is 30.3 Å². The molecule has 0 saturated carbocycles. The minimum absolute atomic E-state index is 0.101. The number of hydrogen-bond donors (Lipinski definition) is 1. The first kappa shape index (κ1) is 26.8. The zero-order valence-corrected chi connectivity index (χ0v) is 19.3. The van der Waals surface area contributed by atoms with Gasteiger partial charge in [-0.25, -0.2) is 0 Å². The molecule has 0 saturated heterocycles. The van der Waals surface area contributed by atoms with Crippen molar-refractivity contribution in [3.63, 3.8) is 0 Å². The number of ether oxygens (including phenoxy) is 6. The summed E-state index contributed by atoms with van der Waals surface area (Å²) in [6, 6.07) is 17.3. The average molecular weight is 462 g/mol. The number of carbonyl (C=O) groups is 1. The van der Waals surface area contributed by atoms with Crippen molar-refractivity contribution < 1.29 is 33.2 Å². The van der Waals surface area contributed by atoms with E-state index in [0.29, 0.717) is 72.7 Å². The van der Waals surface area contributed by atoms with Crippen molar-refractivity contribution >= 4 is 11.6 Å². The Labute approximate surface area is 196 Å². The second-order valence-corrected chi connectivity index (χ2v) is 7.04. The summed E-state index contributed by atoms with van der Waals surface area (Å²) in [7, 11) is 0. The van der Waals surface area contributed by atoms with E-state index >= 15 is 0 Å². The highest BCUT2D eigenvalue weighted by atomic mass is 16.6. The largest absolute Gasteiger partial charge is 0.491 e. The van der Waals surface area contributed by atoms with E-state index in [9.17, 15) is 4.79 Å². The van der Waals surface area contributed by atoms with Crippen molar-refractivity contribution in [3.05, 3.63) is 60.2 Å². The zero-order valence-electron chi connectivity index (χ0n) is 19.3. The van der Waals surface area contributed by atoms with Gasteiger partial charge in [0, 0.05) is 12.6 Å². The second-order valence-electron chi connectivity index (χ2n) is 7.04. The minimum Gasteiger partial charge on any atom is -0.491 e. The lowest BCUT2D eigenvalue weighted by molar-refractivity contribution is -0.114. The molecule has 0 aliphatic rings. The van der Waals surface area contributed by atoms with Gasteiger partial charge in [-0.05, 0) is 29.8 Å². The van der Waals surface area contributed by atoms with Gasteiger partial charge in [0.2, 0.25) is 5.91 Å². The Morgan fingerprint density at radius 2 is 1.12 bits per heavy atom. The van der Waals surface area contributed by atoms with Crippen LogP contribution in [0.2, 0.25) is 0 Å². The highest BCUT2D eigenvalue weighted by Crippen LogP contribution is 2.15. The second kappa shape index (κ2) is 18.0. The molecule has 2 rings (SSSR count). The molecule has 8 heteroatoms. The van der Waals surface area contributed by atoms with E-state index in [4.69, 9.17) is 28.4 Å². The van der Waals surface area contributed by atoms with Gasteiger partial charge >= 0.3 is 0 Å². The summed E-state index contributed by atoms with van der Waals surface area (Å²) in [6.45, 7) is 7.20. The fourth-order valence-corrected chi connectivity index (χ4v) is 2.70. The molecule has 0 atom stereocenters. The normalized spacial score (nSPS) is 10.8. The van der Waals surface area contributed by atoms with Crippen LogP contribution in [-0.4, -0.2) is 72.0 Å². The smallest absolute Gasteiger partial charge is 0.221 e. The predicted molar refractivity (Wildman–Crippen MR) is 126 cm³/mol. The lowest BCUT2D eigenvalue weighted by Gasteiger charge is -2.09. The van der Waals surface area contributed by atoms with Crippen molar-refractivity contribution in [1.29, 1.82) is 0 Å². The maximum atomic E-state index is 11.0. The molecular weight excluding hydrogens is 426 g/mol. The zero-order chi connectivity index (χ0) is 23.4. The van der Waals surface area contributed by atoms with Crippen LogP contribution in [0.15, 0.2) is 54.6 Å². The van der Waals surface area contributed by atoms with Crippen LogP contribution < -0.4 is 10.1 Å². The fourth-order valence-electron chi connectivity index (χ4n) is 2.70. The molecule has 0 unspecified atom stereocenters. The molecule has 0 aromatic heterocycles. The molecule has 2 aromatic rings. The molecule has 0 aliphatic heterocycles. The maximum Gasteiger partial charge on any atom is 0.221 e. The number of hydrogen-bond acceptors (Lipinski definition) is 7. The van der Waals surface area contributed by atoms with Crippen molar-refractivity contribution in [3.8, 4) is 5.75 Å². The summed E-state index contributed by atoms with van der Waals surface area (Å²) in [5.41, 5.74) is 1.90. The highest BCUT2D eigenvalue weighted by Gasteiger charge is 1.98. The molecule has 0 spiro atoms. The highest BCUT2D eigenvalue weighted by molar-refractivity contribution is 5.88. The third-order valence-electron chi connectivity index (χ3n) is 4.27. The first-order valence-corrected chi connectivity index (χ1v) is 11.2. The monoisotopic (exact) mass is 461 g/mol. The fraction of sp³-hybridized carbons (Fsp3) is 0.480. The summed E-state index contributed by atoms with van der Waals surface area (Å²) in [4.78, 5) is 11.0. The predicted octanol–water partition coefficient (Wildman–Crippen LogP) is 3.31. The minimum atomic E-state index is -0.101. The molecule has 8 nitrogen and oxygen atoms in total. The first-order chi connectivity index (χ1) is 16.2. The Morgan fingerprint density at radius 1 is 0.636 bits per heavy atom. The third-order valence-corrected chi connectivity index (χ3v) is 4.27. The SMILES string of the molecule is CC(=O)Nc1ccc(OCCOCCOCCOCCOCCOCc2ccccc2)cc1. The number of amides is 1. The van der Waals surface area contributed by atoms with E-state index in [1.165, 1.54) is 6.92 Å². The maximum absolute atomic E-state index is 11.0. The Morgan fingerprint density at radius 3 is 1.64 bits per heavy atom. The van der Waals surface area contributed by atoms with Gasteiger partial charge in [-0.3, -0.25) is 4.79 Å². The molecule has 0 radical (unpaired) electrons. The Bertz CT molecular complexity index is 740. The van der Waals surface area contributed by atoms with E-state index < -0.39 is 0 Å². The summed E-state index contributed by atoms with van der Waals surface area (Å²) in [5, 5.41) is 2.71. The van der Waals surface area contributed by atoms with Crippen molar-refractivity contribution in [2.45, 2.75) is 13.5 Å². The topological polar surface area (TPSA) is 84.5 Å². The molecule has 1 amide bonds. The van der Waals surface area contributed by atoms with Gasteiger partial charge in [0.1, 0.15) is 12.4 Å². The Kier molecular flexibility index (Phi) is 14.6. The van der Waals surface area contributed by atoms with Gasteiger partial charge in [-0.2, -0.15) is 0 Å². The molecular formula is C25H35NO7. The molecule has 0 heterocycles. The summed E-state index contributed by atoms with van der Waals surface area (Å²) in [5.74, 6) is 0.626. The Hall–Kier alpha value is -2.49. The van der Waals surface area contributed by atoms with Gasteiger partial charge in [0.05, 0.1) is 66.1 Å². The van der Waals surface area contributed by atoms with Crippen LogP contribution in [0.3, 0.4) is 0 Å². The lowest BCUT2D eigenvalue weighted by atomic mass is 10.2. The number of anilines is 1. The lowest BCUT2D eigenvalue weighted by Crippen LogP contribution is -2.14. The van der Waals surface area contributed by atoms with E-state index in [2.05, 4.69) is 5.32 Å². The van der Waals surface area contributed by atoms with Gasteiger partial charge in [-0.1, -0.05) is 30.3 Å². The summed E-state index contributed by atoms with van der Waals surface area (Å²) in [6.07, 6.45) is 0. The standard InChI is InChI=1S/C25H35NO7/c1-22(27)26-24-7-9-25(10-8-24)33-20-19-31-16-15-29-12-11-28-13-14-30-17-18-32-21-23-5-3-2-4-6-23/h2-10H,11-21H2,1H3,(H,26,27). The molecule has 0 fully saturated rings. The molecule has 33 heavy (non-hydrogen) atoms. The van der Waals surface area contributed by atoms with Crippen molar-refractivity contribution in [2.24, 2.45) is 0 Å². The first-order valence-electron chi connectivity index (χ1n) is 11.2. The average Bonchev–Trinajstić information content (AvgIpc) is 2.82. The van der Waals surface area contributed by atoms with E-state index in [1.54, 1.807) is 24.3 Å². The Balaban J connectivity index is 1.28. The van der Waals surface area contributed by atoms with Gasteiger partial charge in [0.15, 0.2) is 0 Å². The van der Waals surface area contributed by atoms with Crippen LogP contribution in [0.5, 0.6) is 5.75 Å². The van der Waals surface area contributed by atoms with Crippen LogP contribution in [0, 0.1) is 0 Å². The quantitative estimate of drug-likeness (QED) is 0.321.